The highest BCUT2D eigenvalue weighted by Crippen LogP contribution is 2.33. The summed E-state index contributed by atoms with van der Waals surface area (Å²) < 4.78 is 0. The molecule has 1 aromatic heterocycles. The van der Waals surface area contributed by atoms with Gasteiger partial charge in [-0.15, -0.1) is 0 Å². The second-order valence-corrected chi connectivity index (χ2v) is 7.47. The Balaban J connectivity index is 2.01. The molecule has 2 aromatic carbocycles. The Labute approximate surface area is 180 Å². The number of nitrogens with one attached hydrogen (secondary N) is 2. The number of fused-ring (bicyclic) bond motifs is 1. The summed E-state index contributed by atoms with van der Waals surface area (Å²) in [5.41, 5.74) is 9.25. The maximum Gasteiger partial charge on any atom is 0.0461 e. The lowest BCUT2D eigenvalue weighted by Crippen LogP contribution is -1.94. The smallest absolute Gasteiger partial charge is 0.0461 e. The number of hydrogen-bond acceptors (Lipinski definition) is 1. The molecule has 0 aliphatic rings. The molecule has 0 unspecified atom stereocenters. The Morgan fingerprint density at radius 1 is 1.00 bits per heavy atom. The fourth-order valence-corrected chi connectivity index (χ4v) is 3.61. The molecule has 0 fully saturated rings. The van der Waals surface area contributed by atoms with Crippen molar-refractivity contribution in [1.29, 1.82) is 0 Å². The van der Waals surface area contributed by atoms with Crippen LogP contribution in [0.1, 0.15) is 43.5 Å². The van der Waals surface area contributed by atoms with Crippen molar-refractivity contribution in [2.75, 3.05) is 12.4 Å². The van der Waals surface area contributed by atoms with Crippen LogP contribution in [0.3, 0.4) is 0 Å². The molecule has 0 amide bonds. The summed E-state index contributed by atoms with van der Waals surface area (Å²) in [6.07, 6.45) is 14.8. The number of H-pyrrole nitrogens is 1. The van der Waals surface area contributed by atoms with Crippen molar-refractivity contribution < 1.29 is 0 Å². The Morgan fingerprint density at radius 2 is 1.73 bits per heavy atom. The number of aromatic amines is 1. The van der Waals surface area contributed by atoms with E-state index in [4.69, 9.17) is 0 Å². The van der Waals surface area contributed by atoms with Gasteiger partial charge in [0.05, 0.1) is 0 Å². The van der Waals surface area contributed by atoms with Gasteiger partial charge in [-0.25, -0.2) is 0 Å². The zero-order valence-electron chi connectivity index (χ0n) is 18.5. The second-order valence-electron chi connectivity index (χ2n) is 7.47. The molecular formula is C28H32N2. The van der Waals surface area contributed by atoms with E-state index in [1.807, 2.05) is 7.05 Å². The van der Waals surface area contributed by atoms with E-state index in [-0.39, 0.29) is 0 Å². The van der Waals surface area contributed by atoms with Crippen LogP contribution < -0.4 is 5.32 Å². The van der Waals surface area contributed by atoms with Gasteiger partial charge >= 0.3 is 0 Å². The van der Waals surface area contributed by atoms with Crippen LogP contribution in [0.5, 0.6) is 0 Å². The normalized spacial score (nSPS) is 12.0. The largest absolute Gasteiger partial charge is 0.388 e. The summed E-state index contributed by atoms with van der Waals surface area (Å²) in [5, 5.41) is 4.56. The highest BCUT2D eigenvalue weighted by atomic mass is 14.8. The van der Waals surface area contributed by atoms with Gasteiger partial charge in [-0.1, -0.05) is 62.9 Å². The van der Waals surface area contributed by atoms with E-state index in [0.29, 0.717) is 0 Å². The van der Waals surface area contributed by atoms with Gasteiger partial charge in [-0.2, -0.15) is 0 Å². The van der Waals surface area contributed by atoms with Gasteiger partial charge in [0.2, 0.25) is 0 Å². The monoisotopic (exact) mass is 396 g/mol. The molecule has 154 valence electrons. The SMILES string of the molecule is C=C(/C=C\C=C/CC)c1cc(-c2ccc3[nH]c(/C=C\CC)c(C)c3c2)ccc1NC. The number of aromatic nitrogens is 1. The molecule has 0 aliphatic heterocycles. The van der Waals surface area contributed by atoms with Crippen LogP contribution in [0.25, 0.3) is 33.7 Å². The third kappa shape index (κ3) is 4.65. The first-order chi connectivity index (χ1) is 14.6. The van der Waals surface area contributed by atoms with Crippen LogP contribution in [0, 0.1) is 6.92 Å². The molecule has 0 atom stereocenters. The van der Waals surface area contributed by atoms with E-state index in [9.17, 15) is 0 Å². The van der Waals surface area contributed by atoms with Crippen molar-refractivity contribution >= 4 is 28.2 Å². The first-order valence-electron chi connectivity index (χ1n) is 10.7. The molecule has 0 spiro atoms. The van der Waals surface area contributed by atoms with Crippen molar-refractivity contribution in [3.05, 3.63) is 90.2 Å². The van der Waals surface area contributed by atoms with Crippen LogP contribution >= 0.6 is 0 Å². The molecule has 2 heteroatoms. The molecule has 0 aliphatic carbocycles. The molecule has 1 heterocycles. The lowest BCUT2D eigenvalue weighted by Gasteiger charge is -2.12. The maximum absolute atomic E-state index is 4.29. The summed E-state index contributed by atoms with van der Waals surface area (Å²) >= 11 is 0. The van der Waals surface area contributed by atoms with E-state index in [2.05, 4.69) is 111 Å². The number of anilines is 1. The molecule has 0 saturated carbocycles. The number of allylic oxidation sites excluding steroid dienone is 6. The number of benzene rings is 2. The van der Waals surface area contributed by atoms with Gasteiger partial charge in [0.25, 0.3) is 0 Å². The second kappa shape index (κ2) is 9.98. The molecule has 0 radical (unpaired) electrons. The minimum absolute atomic E-state index is 0.993. The van der Waals surface area contributed by atoms with Crippen molar-refractivity contribution in [3.63, 3.8) is 0 Å². The van der Waals surface area contributed by atoms with Gasteiger partial charge in [0.15, 0.2) is 0 Å². The lowest BCUT2D eigenvalue weighted by atomic mass is 9.96. The first kappa shape index (κ1) is 21.4. The Hall–Kier alpha value is -3.26. The van der Waals surface area contributed by atoms with Crippen LogP contribution in [-0.4, -0.2) is 12.0 Å². The third-order valence-electron chi connectivity index (χ3n) is 5.37. The molecule has 30 heavy (non-hydrogen) atoms. The third-order valence-corrected chi connectivity index (χ3v) is 5.37. The summed E-state index contributed by atoms with van der Waals surface area (Å²) in [7, 11) is 1.95. The molecule has 3 aromatic rings. The summed E-state index contributed by atoms with van der Waals surface area (Å²) in [6, 6.07) is 13.2. The van der Waals surface area contributed by atoms with E-state index >= 15 is 0 Å². The van der Waals surface area contributed by atoms with Gasteiger partial charge < -0.3 is 10.3 Å². The van der Waals surface area contributed by atoms with Crippen LogP contribution in [0.2, 0.25) is 0 Å². The van der Waals surface area contributed by atoms with Crippen molar-refractivity contribution in [3.8, 4) is 11.1 Å². The van der Waals surface area contributed by atoms with Gasteiger partial charge in [-0.05, 0) is 72.4 Å². The lowest BCUT2D eigenvalue weighted by molar-refractivity contribution is 1.22. The van der Waals surface area contributed by atoms with Crippen LogP contribution in [-0.2, 0) is 0 Å². The van der Waals surface area contributed by atoms with Crippen molar-refractivity contribution in [1.82, 2.24) is 4.98 Å². The van der Waals surface area contributed by atoms with Crippen LogP contribution in [0.4, 0.5) is 5.69 Å². The predicted molar refractivity (Wildman–Crippen MR) is 135 cm³/mol. The Morgan fingerprint density at radius 3 is 2.47 bits per heavy atom. The predicted octanol–water partition coefficient (Wildman–Crippen LogP) is 8.14. The minimum atomic E-state index is 0.993. The Bertz CT molecular complexity index is 1120. The van der Waals surface area contributed by atoms with E-state index in [1.54, 1.807) is 0 Å². The van der Waals surface area contributed by atoms with Crippen LogP contribution in [0.15, 0.2) is 73.4 Å². The molecule has 0 bridgehead atoms. The Kier molecular flexibility index (Phi) is 7.13. The number of rotatable bonds is 8. The standard InChI is InChI=1S/C28H32N2/c1-6-8-10-11-12-20(3)24-18-22(14-16-27(24)29-5)23-15-17-28-25(19-23)21(4)26(30-28)13-9-7-2/h8-19,29-30H,3,6-7H2,1-2,4-5H3/b10-8-,12-11-,13-9-. The quantitative estimate of drug-likeness (QED) is 0.369. The van der Waals surface area contributed by atoms with Gasteiger partial charge in [0.1, 0.15) is 0 Å². The molecule has 2 N–H and O–H groups in total. The summed E-state index contributed by atoms with van der Waals surface area (Å²) in [4.78, 5) is 3.53. The zero-order valence-corrected chi connectivity index (χ0v) is 18.5. The van der Waals surface area contributed by atoms with Gasteiger partial charge in [0, 0.05) is 34.9 Å². The average Bonchev–Trinajstić information content (AvgIpc) is 3.09. The average molecular weight is 397 g/mol. The van der Waals surface area contributed by atoms with Gasteiger partial charge in [-0.3, -0.25) is 0 Å². The van der Waals surface area contributed by atoms with Crippen molar-refractivity contribution in [2.45, 2.75) is 33.6 Å². The fourth-order valence-electron chi connectivity index (χ4n) is 3.61. The zero-order chi connectivity index (χ0) is 21.5. The first-order valence-corrected chi connectivity index (χ1v) is 10.7. The highest BCUT2D eigenvalue weighted by molar-refractivity contribution is 5.92. The topological polar surface area (TPSA) is 27.8 Å². The van der Waals surface area contributed by atoms with Crippen molar-refractivity contribution in [2.24, 2.45) is 0 Å². The number of hydrogen-bond donors (Lipinski definition) is 2. The van der Waals surface area contributed by atoms with E-state index < -0.39 is 0 Å². The number of aryl methyl sites for hydroxylation is 1. The molecular weight excluding hydrogens is 364 g/mol. The molecule has 3 rings (SSSR count). The summed E-state index contributed by atoms with van der Waals surface area (Å²) in [6.45, 7) is 10.8. The van der Waals surface area contributed by atoms with E-state index in [1.165, 1.54) is 33.3 Å². The molecule has 2 nitrogen and oxygen atoms in total. The highest BCUT2D eigenvalue weighted by Gasteiger charge is 2.10. The minimum Gasteiger partial charge on any atom is -0.388 e. The maximum atomic E-state index is 4.29. The molecule has 0 saturated heterocycles. The fraction of sp³-hybridized carbons (Fsp3) is 0.214. The van der Waals surface area contributed by atoms with E-state index in [0.717, 1.165) is 29.7 Å². The summed E-state index contributed by atoms with van der Waals surface area (Å²) in [5.74, 6) is 0.